The van der Waals surface area contributed by atoms with Gasteiger partial charge in [0.25, 0.3) is 10.0 Å². The quantitative estimate of drug-likeness (QED) is 0.565. The van der Waals surface area contributed by atoms with Gasteiger partial charge in [0.15, 0.2) is 17.7 Å². The Morgan fingerprint density at radius 2 is 1.97 bits per heavy atom. The molecule has 0 spiro atoms. The van der Waals surface area contributed by atoms with E-state index in [0.29, 0.717) is 16.8 Å². The van der Waals surface area contributed by atoms with Crippen LogP contribution in [-0.4, -0.2) is 60.1 Å². The van der Waals surface area contributed by atoms with E-state index in [0.717, 1.165) is 0 Å². The van der Waals surface area contributed by atoms with Gasteiger partial charge in [0.1, 0.15) is 5.57 Å². The van der Waals surface area contributed by atoms with Crippen molar-refractivity contribution in [1.29, 1.82) is 0 Å². The van der Waals surface area contributed by atoms with Crippen LogP contribution in [0.3, 0.4) is 0 Å². The summed E-state index contributed by atoms with van der Waals surface area (Å²) >= 11 is 0. The monoisotopic (exact) mass is 419 g/mol. The maximum absolute atomic E-state index is 12.8. The zero-order chi connectivity index (χ0) is 21.5. The SMILES string of the molecule is CC(=O)c1c(C)[nH]c(C(=O)[C@@H](C)OC(=O)C2=CC=CN3CCS(=O)(=O)N=C23)c1C. The minimum atomic E-state index is -3.66. The Hall–Kier alpha value is -3.01. The Morgan fingerprint density at radius 1 is 1.28 bits per heavy atom. The van der Waals surface area contributed by atoms with Gasteiger partial charge in [0.05, 0.1) is 11.4 Å². The molecule has 1 N–H and O–H groups in total. The number of esters is 1. The summed E-state index contributed by atoms with van der Waals surface area (Å²) in [5.74, 6) is -1.69. The Balaban J connectivity index is 1.82. The van der Waals surface area contributed by atoms with E-state index in [1.807, 2.05) is 0 Å². The van der Waals surface area contributed by atoms with Crippen LogP contribution in [0.5, 0.6) is 0 Å². The third-order valence-electron chi connectivity index (χ3n) is 4.77. The molecule has 0 aromatic carbocycles. The van der Waals surface area contributed by atoms with E-state index in [1.54, 1.807) is 31.0 Å². The minimum absolute atomic E-state index is 0.0193. The van der Waals surface area contributed by atoms with Crippen molar-refractivity contribution in [3.8, 4) is 0 Å². The van der Waals surface area contributed by atoms with E-state index < -0.39 is 27.9 Å². The Bertz CT molecular complexity index is 1110. The van der Waals surface area contributed by atoms with Crippen molar-refractivity contribution in [2.45, 2.75) is 33.8 Å². The minimum Gasteiger partial charge on any atom is -0.450 e. The number of carbonyl (C=O) groups is 3. The molecule has 3 heterocycles. The van der Waals surface area contributed by atoms with Crippen molar-refractivity contribution < 1.29 is 27.5 Å². The van der Waals surface area contributed by atoms with Gasteiger partial charge >= 0.3 is 5.97 Å². The third-order valence-corrected chi connectivity index (χ3v) is 5.92. The number of Topliss-reactive ketones (excluding diaryl/α,β-unsaturated/α-hetero) is 2. The zero-order valence-electron chi connectivity index (χ0n) is 16.5. The highest BCUT2D eigenvalue weighted by Gasteiger charge is 2.33. The number of aromatic nitrogens is 1. The van der Waals surface area contributed by atoms with E-state index in [2.05, 4.69) is 9.38 Å². The average Bonchev–Trinajstić information content (AvgIpc) is 2.93. The lowest BCUT2D eigenvalue weighted by atomic mass is 10.0. The molecule has 154 valence electrons. The first-order chi connectivity index (χ1) is 13.5. The van der Waals surface area contributed by atoms with Crippen LogP contribution in [0.25, 0.3) is 0 Å². The molecule has 29 heavy (non-hydrogen) atoms. The van der Waals surface area contributed by atoms with Crippen molar-refractivity contribution in [3.05, 3.63) is 46.4 Å². The fraction of sp³-hybridized carbons (Fsp3) is 0.368. The van der Waals surface area contributed by atoms with Crippen LogP contribution in [0.1, 0.15) is 46.0 Å². The van der Waals surface area contributed by atoms with Crippen molar-refractivity contribution in [3.63, 3.8) is 0 Å². The fourth-order valence-electron chi connectivity index (χ4n) is 3.38. The van der Waals surface area contributed by atoms with Gasteiger partial charge in [-0.2, -0.15) is 0 Å². The third kappa shape index (κ3) is 3.93. The van der Waals surface area contributed by atoms with E-state index in [-0.39, 0.29) is 35.2 Å². The normalized spacial score (nSPS) is 18.4. The second-order valence-electron chi connectivity index (χ2n) is 6.91. The van der Waals surface area contributed by atoms with Gasteiger partial charge in [-0.05, 0) is 45.4 Å². The Kier molecular flexibility index (Phi) is 5.31. The van der Waals surface area contributed by atoms with Crippen LogP contribution >= 0.6 is 0 Å². The highest BCUT2D eigenvalue weighted by molar-refractivity contribution is 7.90. The highest BCUT2D eigenvalue weighted by Crippen LogP contribution is 2.22. The van der Waals surface area contributed by atoms with Crippen LogP contribution in [0.2, 0.25) is 0 Å². The van der Waals surface area contributed by atoms with Gasteiger partial charge in [-0.3, -0.25) is 9.59 Å². The van der Waals surface area contributed by atoms with Gasteiger partial charge in [0, 0.05) is 24.0 Å². The van der Waals surface area contributed by atoms with E-state index >= 15 is 0 Å². The number of rotatable bonds is 5. The highest BCUT2D eigenvalue weighted by atomic mass is 32.2. The number of aryl methyl sites for hydroxylation is 1. The molecule has 2 aliphatic heterocycles. The number of sulfonamides is 1. The molecule has 1 atom stereocenters. The summed E-state index contributed by atoms with van der Waals surface area (Å²) in [6.45, 7) is 6.34. The summed E-state index contributed by atoms with van der Waals surface area (Å²) in [5.41, 5.74) is 1.65. The second-order valence-corrected chi connectivity index (χ2v) is 8.66. The van der Waals surface area contributed by atoms with E-state index in [4.69, 9.17) is 4.74 Å². The molecule has 10 heteroatoms. The van der Waals surface area contributed by atoms with Gasteiger partial charge in [-0.25, -0.2) is 13.2 Å². The first-order valence-electron chi connectivity index (χ1n) is 8.95. The van der Waals surface area contributed by atoms with Crippen molar-refractivity contribution >= 4 is 33.4 Å². The van der Waals surface area contributed by atoms with Gasteiger partial charge in [-0.15, -0.1) is 4.40 Å². The first-order valence-corrected chi connectivity index (χ1v) is 10.6. The van der Waals surface area contributed by atoms with Gasteiger partial charge < -0.3 is 14.6 Å². The van der Waals surface area contributed by atoms with Crippen LogP contribution in [0.4, 0.5) is 0 Å². The molecule has 1 aromatic rings. The van der Waals surface area contributed by atoms with Crippen LogP contribution in [0.15, 0.2) is 28.3 Å². The topological polar surface area (TPSA) is 126 Å². The molecule has 0 bridgehead atoms. The Morgan fingerprint density at radius 3 is 2.59 bits per heavy atom. The second kappa shape index (κ2) is 7.43. The number of amidine groups is 1. The lowest BCUT2D eigenvalue weighted by Gasteiger charge is -2.28. The van der Waals surface area contributed by atoms with Crippen LogP contribution < -0.4 is 0 Å². The van der Waals surface area contributed by atoms with Gasteiger partial charge in [-0.1, -0.05) is 0 Å². The lowest BCUT2D eigenvalue weighted by Crippen LogP contribution is -2.41. The number of allylic oxidation sites excluding steroid dienone is 2. The number of nitrogens with one attached hydrogen (secondary N) is 1. The van der Waals surface area contributed by atoms with Gasteiger partial charge in [0.2, 0.25) is 5.78 Å². The first kappa shape index (κ1) is 20.7. The maximum Gasteiger partial charge on any atom is 0.342 e. The summed E-state index contributed by atoms with van der Waals surface area (Å²) in [4.78, 5) is 41.6. The molecule has 0 amide bonds. The molecule has 0 fully saturated rings. The molecule has 9 nitrogen and oxygen atoms in total. The molecule has 0 saturated heterocycles. The maximum atomic E-state index is 12.8. The number of aromatic amines is 1. The number of hydrogen-bond acceptors (Lipinski definition) is 7. The molecule has 3 rings (SSSR count). The molecule has 0 unspecified atom stereocenters. The largest absolute Gasteiger partial charge is 0.450 e. The number of fused-ring (bicyclic) bond motifs is 1. The molecule has 0 saturated carbocycles. The summed E-state index contributed by atoms with van der Waals surface area (Å²) < 4.78 is 32.6. The van der Waals surface area contributed by atoms with Crippen LogP contribution in [-0.2, 0) is 19.6 Å². The number of carbonyl (C=O) groups excluding carboxylic acids is 3. The Labute approximate surface area is 168 Å². The smallest absolute Gasteiger partial charge is 0.342 e. The number of H-pyrrole nitrogens is 1. The standard InChI is InChI=1S/C19H21N3O6S/c1-10-15(12(3)23)11(2)20-16(10)17(24)13(4)28-19(25)14-6-5-7-22-8-9-29(26,27)21-18(14)22/h5-7,13,20H,8-9H2,1-4H3/t13-/m1/s1. The predicted molar refractivity (Wildman–Crippen MR) is 105 cm³/mol. The summed E-state index contributed by atoms with van der Waals surface area (Å²) in [6, 6.07) is 0. The zero-order valence-corrected chi connectivity index (χ0v) is 17.3. The molecule has 0 aliphatic carbocycles. The number of ketones is 2. The number of hydrogen-bond donors (Lipinski definition) is 1. The molecule has 0 radical (unpaired) electrons. The van der Waals surface area contributed by atoms with Crippen LogP contribution in [0, 0.1) is 13.8 Å². The van der Waals surface area contributed by atoms with E-state index in [9.17, 15) is 22.8 Å². The molecular formula is C19H21N3O6S. The predicted octanol–water partition coefficient (Wildman–Crippen LogP) is 1.45. The lowest BCUT2D eigenvalue weighted by molar-refractivity contribution is -0.141. The molecule has 2 aliphatic rings. The van der Waals surface area contributed by atoms with Crippen molar-refractivity contribution in [1.82, 2.24) is 9.88 Å². The molecule has 1 aromatic heterocycles. The summed E-state index contributed by atoms with van der Waals surface area (Å²) in [5, 5.41) is 0. The van der Waals surface area contributed by atoms with Crippen molar-refractivity contribution in [2.75, 3.05) is 12.3 Å². The average molecular weight is 419 g/mol. The number of ether oxygens (including phenoxy) is 1. The van der Waals surface area contributed by atoms with E-state index in [1.165, 1.54) is 19.9 Å². The fourth-order valence-corrected chi connectivity index (χ4v) is 4.37. The van der Waals surface area contributed by atoms with Crippen molar-refractivity contribution in [2.24, 2.45) is 4.40 Å². The summed E-state index contributed by atoms with van der Waals surface area (Å²) in [6.07, 6.45) is 3.44. The number of nitrogens with zero attached hydrogens (tertiary/aromatic N) is 2. The summed E-state index contributed by atoms with van der Waals surface area (Å²) in [7, 11) is -3.66. The molecular weight excluding hydrogens is 398 g/mol.